The van der Waals surface area contributed by atoms with Crippen LogP contribution in [0.4, 0.5) is 4.39 Å². The topological polar surface area (TPSA) is 0 Å². The summed E-state index contributed by atoms with van der Waals surface area (Å²) in [5, 5.41) is 1.61. The van der Waals surface area contributed by atoms with Crippen molar-refractivity contribution < 1.29 is 4.39 Å². The number of benzene rings is 3. The predicted molar refractivity (Wildman–Crippen MR) is 127 cm³/mol. The Morgan fingerprint density at radius 1 is 0.667 bits per heavy atom. The van der Waals surface area contributed by atoms with Crippen molar-refractivity contribution in [3.05, 3.63) is 82.7 Å². The number of fused-ring (bicyclic) bond motifs is 1. The molecule has 156 valence electrons. The van der Waals surface area contributed by atoms with E-state index in [0.29, 0.717) is 5.39 Å². The van der Waals surface area contributed by atoms with Crippen molar-refractivity contribution in [2.45, 2.75) is 71.6 Å². The molecule has 0 spiro atoms. The lowest BCUT2D eigenvalue weighted by atomic mass is 10.0. The van der Waals surface area contributed by atoms with Crippen molar-refractivity contribution in [3.8, 4) is 11.8 Å². The summed E-state index contributed by atoms with van der Waals surface area (Å²) in [6.45, 7) is 4.38. The van der Waals surface area contributed by atoms with Crippen molar-refractivity contribution in [1.82, 2.24) is 0 Å². The lowest BCUT2D eigenvalue weighted by molar-refractivity contribution is 0.614. The first kappa shape index (κ1) is 22.1. The third-order valence-corrected chi connectivity index (χ3v) is 5.71. The fourth-order valence-electron chi connectivity index (χ4n) is 3.81. The zero-order valence-electron chi connectivity index (χ0n) is 18.4. The molecule has 3 aromatic carbocycles. The summed E-state index contributed by atoms with van der Waals surface area (Å²) >= 11 is 0. The van der Waals surface area contributed by atoms with Crippen LogP contribution in [0.2, 0.25) is 0 Å². The summed E-state index contributed by atoms with van der Waals surface area (Å²) in [6.07, 6.45) is 10.6. The molecule has 3 rings (SSSR count). The normalized spacial score (nSPS) is 10.8. The maximum atomic E-state index is 14.7. The second kappa shape index (κ2) is 11.6. The Bertz CT molecular complexity index is 1000. The third kappa shape index (κ3) is 6.20. The maximum Gasteiger partial charge on any atom is 0.134 e. The molecular formula is C29H33F. The van der Waals surface area contributed by atoms with Gasteiger partial charge in [0.1, 0.15) is 5.82 Å². The Labute approximate surface area is 181 Å². The minimum atomic E-state index is -0.0780. The Hall–Kier alpha value is -2.59. The van der Waals surface area contributed by atoms with Crippen LogP contribution in [-0.2, 0) is 12.8 Å². The molecule has 0 aliphatic carbocycles. The van der Waals surface area contributed by atoms with Gasteiger partial charge in [0.25, 0.3) is 0 Å². The summed E-state index contributed by atoms with van der Waals surface area (Å²) in [6, 6.07) is 18.3. The second-order valence-corrected chi connectivity index (χ2v) is 8.19. The van der Waals surface area contributed by atoms with Gasteiger partial charge in [-0.15, -0.1) is 0 Å². The van der Waals surface area contributed by atoms with Crippen molar-refractivity contribution in [2.24, 2.45) is 0 Å². The first-order chi connectivity index (χ1) is 14.7. The Morgan fingerprint density at radius 2 is 1.37 bits per heavy atom. The fourth-order valence-corrected chi connectivity index (χ4v) is 3.81. The molecule has 0 atom stereocenters. The highest BCUT2D eigenvalue weighted by Gasteiger charge is 2.07. The van der Waals surface area contributed by atoms with Crippen LogP contribution in [-0.4, -0.2) is 0 Å². The third-order valence-electron chi connectivity index (χ3n) is 5.71. The predicted octanol–water partition coefficient (Wildman–Crippen LogP) is 8.23. The van der Waals surface area contributed by atoms with Crippen LogP contribution in [0.25, 0.3) is 10.8 Å². The minimum absolute atomic E-state index is 0.0780. The van der Waals surface area contributed by atoms with E-state index < -0.39 is 0 Å². The summed E-state index contributed by atoms with van der Waals surface area (Å²) in [5.41, 5.74) is 4.14. The molecule has 0 heterocycles. The molecular weight excluding hydrogens is 367 g/mol. The standard InChI is InChI=1S/C29H33F/c1-3-5-7-8-9-10-23-12-14-24(15-13-23)16-17-25-18-21-28-27(22-25)20-19-26(29(28)30)11-6-4-2/h12-15,18-22H,3-11H2,1-2H3. The molecule has 0 N–H and O–H groups in total. The Kier molecular flexibility index (Phi) is 8.52. The molecule has 0 aliphatic rings. The largest absolute Gasteiger partial charge is 0.206 e. The van der Waals surface area contributed by atoms with Gasteiger partial charge in [-0.3, -0.25) is 0 Å². The van der Waals surface area contributed by atoms with Crippen LogP contribution < -0.4 is 0 Å². The number of halogens is 1. The minimum Gasteiger partial charge on any atom is -0.206 e. The van der Waals surface area contributed by atoms with Gasteiger partial charge < -0.3 is 0 Å². The van der Waals surface area contributed by atoms with Crippen LogP contribution >= 0.6 is 0 Å². The smallest absolute Gasteiger partial charge is 0.134 e. The van der Waals surface area contributed by atoms with Crippen molar-refractivity contribution in [2.75, 3.05) is 0 Å². The number of hydrogen-bond acceptors (Lipinski definition) is 0. The van der Waals surface area contributed by atoms with Gasteiger partial charge in [-0.1, -0.05) is 88.1 Å². The molecule has 0 aromatic heterocycles. The van der Waals surface area contributed by atoms with Gasteiger partial charge in [-0.25, -0.2) is 4.39 Å². The molecule has 1 heteroatoms. The highest BCUT2D eigenvalue weighted by atomic mass is 19.1. The van der Waals surface area contributed by atoms with E-state index in [2.05, 4.69) is 50.0 Å². The molecule has 0 fully saturated rings. The van der Waals surface area contributed by atoms with Crippen molar-refractivity contribution >= 4 is 10.8 Å². The first-order valence-corrected chi connectivity index (χ1v) is 11.5. The van der Waals surface area contributed by atoms with Crippen LogP contribution in [0.1, 0.15) is 81.0 Å². The van der Waals surface area contributed by atoms with Crippen LogP contribution in [0.5, 0.6) is 0 Å². The van der Waals surface area contributed by atoms with Crippen LogP contribution in [0.3, 0.4) is 0 Å². The zero-order valence-corrected chi connectivity index (χ0v) is 18.4. The Balaban J connectivity index is 1.65. The highest BCUT2D eigenvalue weighted by Crippen LogP contribution is 2.23. The number of rotatable bonds is 9. The van der Waals surface area contributed by atoms with E-state index >= 15 is 0 Å². The van der Waals surface area contributed by atoms with Crippen LogP contribution in [0.15, 0.2) is 54.6 Å². The van der Waals surface area contributed by atoms with Gasteiger partial charge in [-0.2, -0.15) is 0 Å². The lowest BCUT2D eigenvalue weighted by Gasteiger charge is -2.06. The zero-order chi connectivity index (χ0) is 21.2. The fraction of sp³-hybridized carbons (Fsp3) is 0.379. The van der Waals surface area contributed by atoms with E-state index in [0.717, 1.165) is 47.8 Å². The van der Waals surface area contributed by atoms with E-state index in [1.54, 1.807) is 0 Å². The molecule has 0 aliphatic heterocycles. The monoisotopic (exact) mass is 400 g/mol. The molecule has 0 amide bonds. The van der Waals surface area contributed by atoms with Gasteiger partial charge in [0.05, 0.1) is 0 Å². The SMILES string of the molecule is CCCCCCCc1ccc(C#Cc2ccc3c(F)c(CCCC)ccc3c2)cc1. The van der Waals surface area contributed by atoms with E-state index in [4.69, 9.17) is 0 Å². The average Bonchev–Trinajstić information content (AvgIpc) is 2.78. The summed E-state index contributed by atoms with van der Waals surface area (Å²) in [5.74, 6) is 6.40. The van der Waals surface area contributed by atoms with Gasteiger partial charge in [0, 0.05) is 16.5 Å². The van der Waals surface area contributed by atoms with Gasteiger partial charge >= 0.3 is 0 Å². The molecule has 0 nitrogen and oxygen atoms in total. The first-order valence-electron chi connectivity index (χ1n) is 11.5. The molecule has 0 bridgehead atoms. The Morgan fingerprint density at radius 3 is 2.13 bits per heavy atom. The van der Waals surface area contributed by atoms with E-state index in [1.165, 1.54) is 37.7 Å². The quantitative estimate of drug-likeness (QED) is 0.251. The van der Waals surface area contributed by atoms with Gasteiger partial charge in [0.15, 0.2) is 0 Å². The summed E-state index contributed by atoms with van der Waals surface area (Å²) in [7, 11) is 0. The van der Waals surface area contributed by atoms with Gasteiger partial charge in [0.2, 0.25) is 0 Å². The summed E-state index contributed by atoms with van der Waals surface area (Å²) in [4.78, 5) is 0. The number of hydrogen-bond donors (Lipinski definition) is 0. The number of unbranched alkanes of at least 4 members (excludes halogenated alkanes) is 5. The molecule has 0 radical (unpaired) electrons. The second-order valence-electron chi connectivity index (χ2n) is 8.19. The molecule has 0 saturated heterocycles. The lowest BCUT2D eigenvalue weighted by Crippen LogP contribution is -1.92. The van der Waals surface area contributed by atoms with Crippen LogP contribution in [0, 0.1) is 17.7 Å². The molecule has 0 unspecified atom stereocenters. The molecule has 30 heavy (non-hydrogen) atoms. The highest BCUT2D eigenvalue weighted by molar-refractivity contribution is 5.85. The van der Waals surface area contributed by atoms with E-state index in [9.17, 15) is 4.39 Å². The van der Waals surface area contributed by atoms with E-state index in [-0.39, 0.29) is 5.82 Å². The average molecular weight is 401 g/mol. The molecule has 0 saturated carbocycles. The maximum absolute atomic E-state index is 14.7. The molecule has 3 aromatic rings. The van der Waals surface area contributed by atoms with Crippen molar-refractivity contribution in [3.63, 3.8) is 0 Å². The van der Waals surface area contributed by atoms with Gasteiger partial charge in [-0.05, 0) is 66.5 Å². The number of aryl methyl sites for hydroxylation is 2. The van der Waals surface area contributed by atoms with E-state index in [1.807, 2.05) is 30.3 Å². The van der Waals surface area contributed by atoms with Crippen molar-refractivity contribution in [1.29, 1.82) is 0 Å². The summed E-state index contributed by atoms with van der Waals surface area (Å²) < 4.78 is 14.7.